The molecule has 0 heterocycles. The third-order valence-corrected chi connectivity index (χ3v) is 3.55. The Morgan fingerprint density at radius 1 is 1.18 bits per heavy atom. The van der Waals surface area contributed by atoms with Crippen LogP contribution in [0.2, 0.25) is 0 Å². The van der Waals surface area contributed by atoms with E-state index in [4.69, 9.17) is 5.73 Å². The van der Waals surface area contributed by atoms with Crippen LogP contribution in [-0.2, 0) is 6.42 Å². The Morgan fingerprint density at radius 3 is 2.59 bits per heavy atom. The third-order valence-electron chi connectivity index (χ3n) is 3.55. The van der Waals surface area contributed by atoms with Crippen molar-refractivity contribution in [3.63, 3.8) is 0 Å². The first-order valence-electron chi connectivity index (χ1n) is 6.49. The molecule has 0 radical (unpaired) electrons. The van der Waals surface area contributed by atoms with Gasteiger partial charge in [-0.1, -0.05) is 25.0 Å². The van der Waals surface area contributed by atoms with Crippen LogP contribution in [0.15, 0.2) is 24.3 Å². The maximum atomic E-state index is 12.7. The molecule has 0 spiro atoms. The summed E-state index contributed by atoms with van der Waals surface area (Å²) < 4.78 is 12.7. The predicted octanol–water partition coefficient (Wildman–Crippen LogP) is 2.23. The monoisotopic (exact) mass is 236 g/mol. The molecule has 2 nitrogen and oxygen atoms in total. The standard InChI is InChI=1S/C14H21FN2/c15-12-7-5-11(6-8-12)9-10-17-14-4-2-1-3-13(14)16/h5-8,13-14,17H,1-4,9-10,16H2. The zero-order valence-corrected chi connectivity index (χ0v) is 10.2. The number of halogens is 1. The largest absolute Gasteiger partial charge is 0.326 e. The van der Waals surface area contributed by atoms with Crippen LogP contribution < -0.4 is 11.1 Å². The van der Waals surface area contributed by atoms with Crippen LogP contribution in [0.3, 0.4) is 0 Å². The second-order valence-corrected chi connectivity index (χ2v) is 4.89. The number of benzene rings is 1. The van der Waals surface area contributed by atoms with Crippen molar-refractivity contribution in [2.45, 2.75) is 44.2 Å². The molecule has 1 aliphatic carbocycles. The molecule has 0 saturated heterocycles. The summed E-state index contributed by atoms with van der Waals surface area (Å²) in [6.45, 7) is 0.921. The minimum Gasteiger partial charge on any atom is -0.326 e. The third kappa shape index (κ3) is 3.79. The molecule has 1 saturated carbocycles. The van der Waals surface area contributed by atoms with E-state index in [0.717, 1.165) is 19.4 Å². The molecule has 94 valence electrons. The fourth-order valence-electron chi connectivity index (χ4n) is 2.47. The zero-order chi connectivity index (χ0) is 12.1. The van der Waals surface area contributed by atoms with Crippen molar-refractivity contribution < 1.29 is 4.39 Å². The summed E-state index contributed by atoms with van der Waals surface area (Å²) in [6.07, 6.45) is 5.79. The van der Waals surface area contributed by atoms with E-state index in [1.807, 2.05) is 12.1 Å². The molecule has 2 rings (SSSR count). The normalized spacial score (nSPS) is 24.8. The van der Waals surface area contributed by atoms with Gasteiger partial charge in [-0.3, -0.25) is 0 Å². The average Bonchev–Trinajstić information content (AvgIpc) is 2.34. The van der Waals surface area contributed by atoms with E-state index in [0.29, 0.717) is 12.1 Å². The minimum absolute atomic E-state index is 0.170. The Hall–Kier alpha value is -0.930. The number of nitrogens with one attached hydrogen (secondary N) is 1. The Morgan fingerprint density at radius 2 is 1.88 bits per heavy atom. The summed E-state index contributed by atoms with van der Waals surface area (Å²) in [5, 5.41) is 3.52. The van der Waals surface area contributed by atoms with Crippen LogP contribution in [0.25, 0.3) is 0 Å². The molecule has 3 heteroatoms. The van der Waals surface area contributed by atoms with Crippen LogP contribution in [0.4, 0.5) is 4.39 Å². The van der Waals surface area contributed by atoms with E-state index in [9.17, 15) is 4.39 Å². The molecular weight excluding hydrogens is 215 g/mol. The van der Waals surface area contributed by atoms with Crippen molar-refractivity contribution in [2.24, 2.45) is 5.73 Å². The van der Waals surface area contributed by atoms with Gasteiger partial charge in [-0.05, 0) is 43.5 Å². The van der Waals surface area contributed by atoms with Crippen molar-refractivity contribution in [1.82, 2.24) is 5.32 Å². The topological polar surface area (TPSA) is 38.0 Å². The van der Waals surface area contributed by atoms with Crippen LogP contribution in [0.5, 0.6) is 0 Å². The molecule has 2 unspecified atom stereocenters. The molecule has 2 atom stereocenters. The highest BCUT2D eigenvalue weighted by Gasteiger charge is 2.20. The van der Waals surface area contributed by atoms with Crippen LogP contribution in [0, 0.1) is 5.82 Å². The lowest BCUT2D eigenvalue weighted by Crippen LogP contribution is -2.47. The summed E-state index contributed by atoms with van der Waals surface area (Å²) in [6, 6.07) is 7.49. The van der Waals surface area contributed by atoms with Gasteiger partial charge in [-0.25, -0.2) is 4.39 Å². The van der Waals surface area contributed by atoms with Gasteiger partial charge in [-0.15, -0.1) is 0 Å². The van der Waals surface area contributed by atoms with Crippen molar-refractivity contribution in [2.75, 3.05) is 6.54 Å². The van der Waals surface area contributed by atoms with E-state index in [1.54, 1.807) is 0 Å². The number of nitrogens with two attached hydrogens (primary N) is 1. The molecule has 1 aromatic rings. The summed E-state index contributed by atoms with van der Waals surface area (Å²) in [4.78, 5) is 0. The highest BCUT2D eigenvalue weighted by molar-refractivity contribution is 5.16. The van der Waals surface area contributed by atoms with E-state index in [2.05, 4.69) is 5.32 Å². The van der Waals surface area contributed by atoms with Crippen molar-refractivity contribution in [3.8, 4) is 0 Å². The molecule has 1 aliphatic rings. The fourth-order valence-corrected chi connectivity index (χ4v) is 2.47. The summed E-state index contributed by atoms with van der Waals surface area (Å²) in [5.41, 5.74) is 7.24. The first-order valence-corrected chi connectivity index (χ1v) is 6.49. The summed E-state index contributed by atoms with van der Waals surface area (Å²) in [5.74, 6) is -0.170. The van der Waals surface area contributed by atoms with Gasteiger partial charge in [0.05, 0.1) is 0 Å². The Balaban J connectivity index is 1.73. The Kier molecular flexibility index (Phi) is 4.51. The number of hydrogen-bond acceptors (Lipinski definition) is 2. The quantitative estimate of drug-likeness (QED) is 0.841. The number of hydrogen-bond donors (Lipinski definition) is 2. The molecule has 0 amide bonds. The van der Waals surface area contributed by atoms with Gasteiger partial charge in [0, 0.05) is 12.1 Å². The van der Waals surface area contributed by atoms with Gasteiger partial charge in [-0.2, -0.15) is 0 Å². The molecule has 3 N–H and O–H groups in total. The van der Waals surface area contributed by atoms with Gasteiger partial charge < -0.3 is 11.1 Å². The summed E-state index contributed by atoms with van der Waals surface area (Å²) >= 11 is 0. The lowest BCUT2D eigenvalue weighted by molar-refractivity contribution is 0.329. The molecule has 0 bridgehead atoms. The van der Waals surface area contributed by atoms with Gasteiger partial charge in [0.15, 0.2) is 0 Å². The molecule has 1 fully saturated rings. The van der Waals surface area contributed by atoms with Crippen LogP contribution >= 0.6 is 0 Å². The van der Waals surface area contributed by atoms with Crippen LogP contribution in [0.1, 0.15) is 31.2 Å². The maximum Gasteiger partial charge on any atom is 0.123 e. The molecule has 1 aromatic carbocycles. The average molecular weight is 236 g/mol. The van der Waals surface area contributed by atoms with E-state index in [-0.39, 0.29) is 5.82 Å². The lowest BCUT2D eigenvalue weighted by Gasteiger charge is -2.29. The smallest absolute Gasteiger partial charge is 0.123 e. The highest BCUT2D eigenvalue weighted by atomic mass is 19.1. The first-order chi connectivity index (χ1) is 8.25. The van der Waals surface area contributed by atoms with Gasteiger partial charge in [0.2, 0.25) is 0 Å². The Bertz CT molecular complexity index is 337. The second kappa shape index (κ2) is 6.12. The molecule has 0 aromatic heterocycles. The van der Waals surface area contributed by atoms with Crippen molar-refractivity contribution in [3.05, 3.63) is 35.6 Å². The van der Waals surface area contributed by atoms with Crippen molar-refractivity contribution in [1.29, 1.82) is 0 Å². The molecule has 17 heavy (non-hydrogen) atoms. The highest BCUT2D eigenvalue weighted by Crippen LogP contribution is 2.16. The Labute approximate surface area is 102 Å². The molecule has 0 aliphatic heterocycles. The van der Waals surface area contributed by atoms with E-state index >= 15 is 0 Å². The fraction of sp³-hybridized carbons (Fsp3) is 0.571. The van der Waals surface area contributed by atoms with Gasteiger partial charge >= 0.3 is 0 Å². The van der Waals surface area contributed by atoms with E-state index < -0.39 is 0 Å². The first kappa shape index (κ1) is 12.5. The number of rotatable bonds is 4. The summed E-state index contributed by atoms with van der Waals surface area (Å²) in [7, 11) is 0. The van der Waals surface area contributed by atoms with Crippen molar-refractivity contribution >= 4 is 0 Å². The zero-order valence-electron chi connectivity index (χ0n) is 10.2. The van der Waals surface area contributed by atoms with Crippen LogP contribution in [-0.4, -0.2) is 18.6 Å². The molecular formula is C14H21FN2. The lowest BCUT2D eigenvalue weighted by atomic mass is 9.91. The SMILES string of the molecule is NC1CCCCC1NCCc1ccc(F)cc1. The minimum atomic E-state index is -0.170. The maximum absolute atomic E-state index is 12.7. The van der Waals surface area contributed by atoms with Gasteiger partial charge in [0.25, 0.3) is 0 Å². The second-order valence-electron chi connectivity index (χ2n) is 4.89. The van der Waals surface area contributed by atoms with Gasteiger partial charge in [0.1, 0.15) is 5.82 Å². The predicted molar refractivity (Wildman–Crippen MR) is 68.3 cm³/mol. The van der Waals surface area contributed by atoms with E-state index in [1.165, 1.54) is 37.0 Å².